The molecule has 3 aromatic rings. The van der Waals surface area contributed by atoms with Crippen LogP contribution in [-0.4, -0.2) is 40.3 Å². The Morgan fingerprint density at radius 2 is 2.03 bits per heavy atom. The van der Waals surface area contributed by atoms with Gasteiger partial charge in [-0.25, -0.2) is 14.3 Å². The lowest BCUT2D eigenvalue weighted by atomic mass is 10.1. The second-order valence-electron chi connectivity index (χ2n) is 7.10. The Hall–Kier alpha value is -4.14. The number of nitrogens with zero attached hydrogens (tertiary/aromatic N) is 3. The van der Waals surface area contributed by atoms with E-state index in [9.17, 15) is 14.9 Å². The molecular formula is C23H21N3O6. The zero-order valence-electron chi connectivity index (χ0n) is 17.4. The predicted octanol–water partition coefficient (Wildman–Crippen LogP) is 3.90. The third-order valence-electron chi connectivity index (χ3n) is 4.85. The highest BCUT2D eigenvalue weighted by Crippen LogP contribution is 2.34. The molecule has 0 atom stereocenters. The molecule has 0 saturated carbocycles. The standard InChI is InChI=1S/C23H21N3O6/c1-16-4-2-5-17(14-16)8-9-20-24-15-21(26(28)29)25(20)10-11-32-23(27)18-6-3-7-19-22(18)31-13-12-30-19/h2-9,14-15H,10-13H2,1H3/b9-8-. The summed E-state index contributed by atoms with van der Waals surface area (Å²) in [7, 11) is 0. The lowest BCUT2D eigenvalue weighted by Crippen LogP contribution is -2.19. The van der Waals surface area contributed by atoms with Crippen LogP contribution in [0.4, 0.5) is 5.82 Å². The molecule has 0 aliphatic carbocycles. The van der Waals surface area contributed by atoms with Gasteiger partial charge >= 0.3 is 11.8 Å². The normalized spacial score (nSPS) is 12.7. The van der Waals surface area contributed by atoms with Crippen molar-refractivity contribution in [2.75, 3.05) is 19.8 Å². The fourth-order valence-electron chi connectivity index (χ4n) is 3.37. The Balaban J connectivity index is 1.48. The minimum Gasteiger partial charge on any atom is -0.486 e. The fourth-order valence-corrected chi connectivity index (χ4v) is 3.37. The van der Waals surface area contributed by atoms with Gasteiger partial charge in [0.15, 0.2) is 11.5 Å². The molecule has 4 rings (SSSR count). The van der Waals surface area contributed by atoms with Crippen molar-refractivity contribution in [3.05, 3.63) is 81.3 Å². The van der Waals surface area contributed by atoms with E-state index in [0.717, 1.165) is 11.1 Å². The number of aryl methyl sites for hydroxylation is 1. The number of para-hydroxylation sites is 1. The number of benzene rings is 2. The van der Waals surface area contributed by atoms with Crippen molar-refractivity contribution in [2.45, 2.75) is 13.5 Å². The number of carbonyl (C=O) groups is 1. The first-order valence-corrected chi connectivity index (χ1v) is 10.0. The first kappa shape index (κ1) is 21.1. The van der Waals surface area contributed by atoms with Crippen molar-refractivity contribution in [1.82, 2.24) is 9.55 Å². The summed E-state index contributed by atoms with van der Waals surface area (Å²) in [4.78, 5) is 27.6. The number of rotatable bonds is 7. The molecule has 32 heavy (non-hydrogen) atoms. The van der Waals surface area contributed by atoms with Crippen LogP contribution in [0.3, 0.4) is 0 Å². The molecule has 0 N–H and O–H groups in total. The van der Waals surface area contributed by atoms with E-state index in [-0.39, 0.29) is 24.5 Å². The zero-order valence-corrected chi connectivity index (χ0v) is 17.4. The van der Waals surface area contributed by atoms with Crippen molar-refractivity contribution >= 4 is 23.9 Å². The van der Waals surface area contributed by atoms with Gasteiger partial charge in [-0.15, -0.1) is 0 Å². The Morgan fingerprint density at radius 1 is 1.22 bits per heavy atom. The molecule has 0 saturated heterocycles. The van der Waals surface area contributed by atoms with Crippen LogP contribution in [0.2, 0.25) is 0 Å². The maximum Gasteiger partial charge on any atom is 0.343 e. The number of aromatic nitrogens is 2. The molecule has 0 spiro atoms. The van der Waals surface area contributed by atoms with Gasteiger partial charge in [0, 0.05) is 6.08 Å². The predicted molar refractivity (Wildman–Crippen MR) is 117 cm³/mol. The minimum absolute atomic E-state index is 0.0714. The molecule has 9 heteroatoms. The van der Waals surface area contributed by atoms with E-state index in [1.165, 1.54) is 10.8 Å². The first-order valence-electron chi connectivity index (χ1n) is 10.0. The second-order valence-corrected chi connectivity index (χ2v) is 7.10. The van der Waals surface area contributed by atoms with E-state index in [1.807, 2.05) is 37.3 Å². The summed E-state index contributed by atoms with van der Waals surface area (Å²) in [6, 6.07) is 12.8. The number of nitro groups is 1. The Morgan fingerprint density at radius 3 is 2.84 bits per heavy atom. The van der Waals surface area contributed by atoms with Crippen molar-refractivity contribution in [3.63, 3.8) is 0 Å². The number of hydrogen-bond acceptors (Lipinski definition) is 7. The molecule has 1 aromatic heterocycles. The third-order valence-corrected chi connectivity index (χ3v) is 4.85. The van der Waals surface area contributed by atoms with Gasteiger partial charge in [0.2, 0.25) is 5.82 Å². The van der Waals surface area contributed by atoms with Crippen LogP contribution < -0.4 is 9.47 Å². The molecule has 2 heterocycles. The monoisotopic (exact) mass is 435 g/mol. The molecule has 0 unspecified atom stereocenters. The average molecular weight is 435 g/mol. The molecule has 0 fully saturated rings. The maximum absolute atomic E-state index is 12.6. The van der Waals surface area contributed by atoms with Crippen molar-refractivity contribution in [3.8, 4) is 11.5 Å². The summed E-state index contributed by atoms with van der Waals surface area (Å²) in [5.74, 6) is 0.451. The van der Waals surface area contributed by atoms with Gasteiger partial charge in [-0.2, -0.15) is 0 Å². The van der Waals surface area contributed by atoms with Gasteiger partial charge in [0.05, 0.1) is 0 Å². The van der Waals surface area contributed by atoms with Gasteiger partial charge in [0.25, 0.3) is 0 Å². The van der Waals surface area contributed by atoms with Crippen LogP contribution in [0.1, 0.15) is 27.3 Å². The topological polar surface area (TPSA) is 106 Å². The highest BCUT2D eigenvalue weighted by Gasteiger charge is 2.23. The van der Waals surface area contributed by atoms with Gasteiger partial charge in [-0.3, -0.25) is 0 Å². The van der Waals surface area contributed by atoms with Gasteiger partial charge in [0.1, 0.15) is 38.1 Å². The van der Waals surface area contributed by atoms with Gasteiger partial charge in [-0.1, -0.05) is 35.9 Å². The molecule has 2 aromatic carbocycles. The van der Waals surface area contributed by atoms with Crippen LogP contribution in [0.25, 0.3) is 12.2 Å². The number of hydrogen-bond donors (Lipinski definition) is 0. The summed E-state index contributed by atoms with van der Waals surface area (Å²) in [6.45, 7) is 2.73. The number of imidazole rings is 1. The average Bonchev–Trinajstić information content (AvgIpc) is 3.20. The smallest absolute Gasteiger partial charge is 0.343 e. The zero-order chi connectivity index (χ0) is 22.5. The van der Waals surface area contributed by atoms with Crippen LogP contribution in [-0.2, 0) is 11.3 Å². The Bertz CT molecular complexity index is 1180. The fraction of sp³-hybridized carbons (Fsp3) is 0.217. The molecule has 0 bridgehead atoms. The first-order chi connectivity index (χ1) is 15.5. The highest BCUT2D eigenvalue weighted by atomic mass is 16.6. The summed E-state index contributed by atoms with van der Waals surface area (Å²) >= 11 is 0. The molecular weight excluding hydrogens is 414 g/mol. The Kier molecular flexibility index (Phi) is 6.16. The van der Waals surface area contributed by atoms with Crippen LogP contribution >= 0.6 is 0 Å². The largest absolute Gasteiger partial charge is 0.486 e. The van der Waals surface area contributed by atoms with E-state index in [2.05, 4.69) is 4.98 Å². The number of esters is 1. The summed E-state index contributed by atoms with van der Waals surface area (Å²) in [5, 5.41) is 11.4. The van der Waals surface area contributed by atoms with E-state index >= 15 is 0 Å². The number of ether oxygens (including phenoxy) is 3. The SMILES string of the molecule is Cc1cccc(/C=C\c2ncc([N+](=O)[O-])n2CCOC(=O)c2cccc3c2OCCO3)c1. The Labute approximate surface area is 184 Å². The molecule has 164 valence electrons. The van der Waals surface area contributed by atoms with Crippen molar-refractivity contribution in [2.24, 2.45) is 0 Å². The third kappa shape index (κ3) is 4.61. The molecule has 9 nitrogen and oxygen atoms in total. The van der Waals surface area contributed by atoms with Crippen LogP contribution in [0.15, 0.2) is 48.7 Å². The summed E-state index contributed by atoms with van der Waals surface area (Å²) in [5.41, 5.74) is 2.30. The molecule has 0 radical (unpaired) electrons. The van der Waals surface area contributed by atoms with E-state index in [0.29, 0.717) is 30.5 Å². The second kappa shape index (κ2) is 9.34. The highest BCUT2D eigenvalue weighted by molar-refractivity contribution is 5.93. The summed E-state index contributed by atoms with van der Waals surface area (Å²) in [6.07, 6.45) is 4.72. The van der Waals surface area contributed by atoms with E-state index < -0.39 is 10.9 Å². The lowest BCUT2D eigenvalue weighted by molar-refractivity contribution is -0.392. The quantitative estimate of drug-likeness (QED) is 0.315. The van der Waals surface area contributed by atoms with Gasteiger partial charge < -0.3 is 24.3 Å². The van der Waals surface area contributed by atoms with Crippen molar-refractivity contribution in [1.29, 1.82) is 0 Å². The number of carbonyl (C=O) groups excluding carboxylic acids is 1. The lowest BCUT2D eigenvalue weighted by Gasteiger charge is -2.20. The minimum atomic E-state index is -0.591. The maximum atomic E-state index is 12.6. The molecule has 1 aliphatic heterocycles. The van der Waals surface area contributed by atoms with E-state index in [4.69, 9.17) is 14.2 Å². The molecule has 1 aliphatic rings. The van der Waals surface area contributed by atoms with E-state index in [1.54, 1.807) is 24.3 Å². The van der Waals surface area contributed by atoms with Crippen molar-refractivity contribution < 1.29 is 23.9 Å². The van der Waals surface area contributed by atoms with Crippen LogP contribution in [0, 0.1) is 17.0 Å². The van der Waals surface area contributed by atoms with Crippen LogP contribution in [0.5, 0.6) is 11.5 Å². The molecule has 0 amide bonds. The number of fused-ring (bicyclic) bond motifs is 1. The van der Waals surface area contributed by atoms with Gasteiger partial charge in [-0.05, 0) is 35.6 Å². The summed E-state index contributed by atoms with van der Waals surface area (Å²) < 4.78 is 17.8.